The maximum Gasteiger partial charge on any atom is 0.121 e. The molecule has 2 N–H and O–H groups in total. The van der Waals surface area contributed by atoms with Gasteiger partial charge in [-0.05, 0) is 19.1 Å². The fraction of sp³-hybridized carbons (Fsp3) is 0.357. The zero-order valence-corrected chi connectivity index (χ0v) is 11.3. The Morgan fingerprint density at radius 2 is 2.21 bits per heavy atom. The lowest BCUT2D eigenvalue weighted by Crippen LogP contribution is -2.05. The van der Waals surface area contributed by atoms with Crippen LogP contribution in [-0.2, 0) is 11.3 Å². The SMILES string of the molecule is COCCOc1cccc(NCc2cn[nH]c2C)c1. The lowest BCUT2D eigenvalue weighted by atomic mass is 10.2. The highest BCUT2D eigenvalue weighted by atomic mass is 16.5. The molecule has 0 spiro atoms. The number of nitrogens with zero attached hydrogens (tertiary/aromatic N) is 1. The van der Waals surface area contributed by atoms with Crippen LogP contribution in [0.15, 0.2) is 30.5 Å². The molecule has 0 radical (unpaired) electrons. The van der Waals surface area contributed by atoms with Crippen LogP contribution in [0.3, 0.4) is 0 Å². The van der Waals surface area contributed by atoms with Crippen molar-refractivity contribution in [3.8, 4) is 5.75 Å². The molecule has 2 aromatic rings. The summed E-state index contributed by atoms with van der Waals surface area (Å²) in [6, 6.07) is 7.89. The van der Waals surface area contributed by atoms with Gasteiger partial charge in [-0.15, -0.1) is 0 Å². The monoisotopic (exact) mass is 261 g/mol. The highest BCUT2D eigenvalue weighted by Crippen LogP contribution is 2.18. The van der Waals surface area contributed by atoms with Crippen LogP contribution >= 0.6 is 0 Å². The van der Waals surface area contributed by atoms with Crippen LogP contribution in [0.4, 0.5) is 5.69 Å². The van der Waals surface area contributed by atoms with Gasteiger partial charge in [0.1, 0.15) is 12.4 Å². The van der Waals surface area contributed by atoms with Crippen LogP contribution in [0.1, 0.15) is 11.3 Å². The van der Waals surface area contributed by atoms with Crippen molar-refractivity contribution in [2.45, 2.75) is 13.5 Å². The average molecular weight is 261 g/mol. The number of aryl methyl sites for hydroxylation is 1. The minimum atomic E-state index is 0.556. The highest BCUT2D eigenvalue weighted by Gasteiger charge is 2.01. The topological polar surface area (TPSA) is 59.2 Å². The molecule has 0 aliphatic rings. The van der Waals surface area contributed by atoms with Gasteiger partial charge in [0.05, 0.1) is 12.8 Å². The van der Waals surface area contributed by atoms with Gasteiger partial charge in [0, 0.05) is 36.7 Å². The Labute approximate surface area is 112 Å². The lowest BCUT2D eigenvalue weighted by Gasteiger charge is -2.09. The van der Waals surface area contributed by atoms with Crippen LogP contribution in [0.2, 0.25) is 0 Å². The summed E-state index contributed by atoms with van der Waals surface area (Å²) in [5.41, 5.74) is 3.27. The highest BCUT2D eigenvalue weighted by molar-refractivity contribution is 5.48. The number of rotatable bonds is 7. The predicted octanol–water partition coefficient (Wildman–Crippen LogP) is 2.36. The number of hydrogen-bond acceptors (Lipinski definition) is 4. The van der Waals surface area contributed by atoms with E-state index in [-0.39, 0.29) is 0 Å². The Morgan fingerprint density at radius 1 is 1.32 bits per heavy atom. The summed E-state index contributed by atoms with van der Waals surface area (Å²) in [7, 11) is 1.66. The molecule has 1 heterocycles. The zero-order valence-electron chi connectivity index (χ0n) is 11.3. The number of aromatic amines is 1. The molecule has 0 atom stereocenters. The largest absolute Gasteiger partial charge is 0.491 e. The third-order valence-corrected chi connectivity index (χ3v) is 2.81. The van der Waals surface area contributed by atoms with Crippen LogP contribution in [-0.4, -0.2) is 30.5 Å². The lowest BCUT2D eigenvalue weighted by molar-refractivity contribution is 0.146. The second-order valence-corrected chi connectivity index (χ2v) is 4.24. The van der Waals surface area contributed by atoms with Gasteiger partial charge in [-0.2, -0.15) is 5.10 Å². The standard InChI is InChI=1S/C14H19N3O2/c1-11-12(10-16-17-11)9-15-13-4-3-5-14(8-13)19-7-6-18-2/h3-5,8,10,15H,6-7,9H2,1-2H3,(H,16,17). The Bertz CT molecular complexity index is 511. The first kappa shape index (κ1) is 13.4. The van der Waals surface area contributed by atoms with Gasteiger partial charge in [-0.25, -0.2) is 0 Å². The van der Waals surface area contributed by atoms with Crippen LogP contribution in [0, 0.1) is 6.92 Å². The average Bonchev–Trinajstić information content (AvgIpc) is 2.83. The van der Waals surface area contributed by atoms with Crippen molar-refractivity contribution < 1.29 is 9.47 Å². The van der Waals surface area contributed by atoms with Gasteiger partial charge >= 0.3 is 0 Å². The van der Waals surface area contributed by atoms with E-state index in [1.807, 2.05) is 37.4 Å². The normalized spacial score (nSPS) is 10.4. The Kier molecular flexibility index (Phi) is 4.80. The van der Waals surface area contributed by atoms with E-state index >= 15 is 0 Å². The van der Waals surface area contributed by atoms with E-state index in [1.165, 1.54) is 0 Å². The summed E-state index contributed by atoms with van der Waals surface area (Å²) in [4.78, 5) is 0. The summed E-state index contributed by atoms with van der Waals surface area (Å²) in [6.45, 7) is 3.89. The number of aromatic nitrogens is 2. The maximum absolute atomic E-state index is 5.56. The third kappa shape index (κ3) is 3.99. The fourth-order valence-electron chi connectivity index (χ4n) is 1.69. The number of hydrogen-bond donors (Lipinski definition) is 2. The maximum atomic E-state index is 5.56. The summed E-state index contributed by atoms with van der Waals surface area (Å²) in [5.74, 6) is 0.839. The molecule has 102 valence electrons. The van der Waals surface area contributed by atoms with Crippen molar-refractivity contribution in [3.05, 3.63) is 41.7 Å². The second-order valence-electron chi connectivity index (χ2n) is 4.24. The number of ether oxygens (including phenoxy) is 2. The van der Waals surface area contributed by atoms with E-state index in [1.54, 1.807) is 7.11 Å². The number of benzene rings is 1. The molecule has 0 amide bonds. The molecule has 5 nitrogen and oxygen atoms in total. The van der Waals surface area contributed by atoms with Crippen LogP contribution in [0.5, 0.6) is 5.75 Å². The molecular formula is C14H19N3O2. The quantitative estimate of drug-likeness (QED) is 0.751. The van der Waals surface area contributed by atoms with Gasteiger partial charge in [0.25, 0.3) is 0 Å². The molecule has 0 bridgehead atoms. The zero-order chi connectivity index (χ0) is 13.5. The summed E-state index contributed by atoms with van der Waals surface area (Å²) >= 11 is 0. The first-order valence-electron chi connectivity index (χ1n) is 6.24. The number of anilines is 1. The molecule has 0 saturated carbocycles. The number of H-pyrrole nitrogens is 1. The number of nitrogens with one attached hydrogen (secondary N) is 2. The molecule has 0 fully saturated rings. The molecule has 0 saturated heterocycles. The van der Waals surface area contributed by atoms with Crippen molar-refractivity contribution in [1.82, 2.24) is 10.2 Å². The van der Waals surface area contributed by atoms with Crippen molar-refractivity contribution in [3.63, 3.8) is 0 Å². The molecule has 1 aromatic heterocycles. The van der Waals surface area contributed by atoms with E-state index in [0.29, 0.717) is 13.2 Å². The molecule has 19 heavy (non-hydrogen) atoms. The van der Waals surface area contributed by atoms with Gasteiger partial charge in [0.2, 0.25) is 0 Å². The fourth-order valence-corrected chi connectivity index (χ4v) is 1.69. The van der Waals surface area contributed by atoms with E-state index in [4.69, 9.17) is 9.47 Å². The van der Waals surface area contributed by atoms with E-state index in [9.17, 15) is 0 Å². The molecule has 2 rings (SSSR count). The summed E-state index contributed by atoms with van der Waals surface area (Å²) in [5, 5.41) is 10.3. The first-order chi connectivity index (χ1) is 9.29. The van der Waals surface area contributed by atoms with Crippen molar-refractivity contribution in [2.75, 3.05) is 25.6 Å². The van der Waals surface area contributed by atoms with Crippen molar-refractivity contribution in [2.24, 2.45) is 0 Å². The second kappa shape index (κ2) is 6.80. The van der Waals surface area contributed by atoms with E-state index in [2.05, 4.69) is 15.5 Å². The van der Waals surface area contributed by atoms with Crippen LogP contribution in [0.25, 0.3) is 0 Å². The van der Waals surface area contributed by atoms with Gasteiger partial charge in [-0.1, -0.05) is 6.07 Å². The Morgan fingerprint density at radius 3 is 2.95 bits per heavy atom. The predicted molar refractivity (Wildman–Crippen MR) is 74.5 cm³/mol. The van der Waals surface area contributed by atoms with Gasteiger partial charge < -0.3 is 14.8 Å². The van der Waals surface area contributed by atoms with E-state index in [0.717, 1.165) is 29.2 Å². The minimum Gasteiger partial charge on any atom is -0.491 e. The Hall–Kier alpha value is -2.01. The smallest absolute Gasteiger partial charge is 0.121 e. The van der Waals surface area contributed by atoms with Gasteiger partial charge in [-0.3, -0.25) is 5.10 Å². The molecular weight excluding hydrogens is 242 g/mol. The Balaban J connectivity index is 1.90. The molecule has 0 unspecified atom stereocenters. The number of methoxy groups -OCH3 is 1. The molecule has 0 aliphatic carbocycles. The van der Waals surface area contributed by atoms with Crippen molar-refractivity contribution in [1.29, 1.82) is 0 Å². The van der Waals surface area contributed by atoms with Crippen molar-refractivity contribution >= 4 is 5.69 Å². The van der Waals surface area contributed by atoms with Gasteiger partial charge in [0.15, 0.2) is 0 Å². The molecule has 1 aromatic carbocycles. The minimum absolute atomic E-state index is 0.556. The summed E-state index contributed by atoms with van der Waals surface area (Å²) < 4.78 is 10.5. The third-order valence-electron chi connectivity index (χ3n) is 2.81. The summed E-state index contributed by atoms with van der Waals surface area (Å²) in [6.07, 6.45) is 1.83. The molecule has 5 heteroatoms. The first-order valence-corrected chi connectivity index (χ1v) is 6.24. The van der Waals surface area contributed by atoms with Crippen LogP contribution < -0.4 is 10.1 Å². The molecule has 0 aliphatic heterocycles. The van der Waals surface area contributed by atoms with E-state index < -0.39 is 0 Å².